The number of fused-ring (bicyclic) bond motifs is 2. The summed E-state index contributed by atoms with van der Waals surface area (Å²) in [7, 11) is 0. The van der Waals surface area contributed by atoms with Gasteiger partial charge in [-0.05, 0) is 62.4 Å². The van der Waals surface area contributed by atoms with E-state index in [1.54, 1.807) is 17.9 Å². The second-order valence-electron chi connectivity index (χ2n) is 12.9. The van der Waals surface area contributed by atoms with Gasteiger partial charge in [0.25, 0.3) is 5.91 Å². The highest BCUT2D eigenvalue weighted by molar-refractivity contribution is 9.11. The summed E-state index contributed by atoms with van der Waals surface area (Å²) in [6.45, 7) is 5.43. The number of amides is 3. The molecule has 2 N–H and O–H groups in total. The molecule has 7 atom stereocenters. The van der Waals surface area contributed by atoms with E-state index in [4.69, 9.17) is 9.47 Å². The second kappa shape index (κ2) is 13.4. The number of ether oxygens (including phenoxy) is 2. The van der Waals surface area contributed by atoms with Crippen LogP contribution in [0.3, 0.4) is 0 Å². The quantitative estimate of drug-likeness (QED) is 0.360. The molecule has 4 aliphatic rings. The van der Waals surface area contributed by atoms with E-state index >= 15 is 4.79 Å². The Bertz CT molecular complexity index is 1630. The van der Waals surface area contributed by atoms with Gasteiger partial charge in [0.1, 0.15) is 29.8 Å². The highest BCUT2D eigenvalue weighted by Gasteiger charge is 2.75. The average Bonchev–Trinajstić information content (AvgIpc) is 3.65. The van der Waals surface area contributed by atoms with Crippen molar-refractivity contribution in [2.45, 2.75) is 69.9 Å². The lowest BCUT2D eigenvalue weighted by molar-refractivity contribution is -0.159. The maximum Gasteiger partial charge on any atom is 0.313 e. The van der Waals surface area contributed by atoms with Crippen LogP contribution in [-0.2, 0) is 35.1 Å². The number of hydrogen-bond donors (Lipinski definition) is 2. The summed E-state index contributed by atoms with van der Waals surface area (Å²) in [6.07, 6.45) is 4.96. The minimum atomic E-state index is -1.49. The fourth-order valence-corrected chi connectivity index (χ4v) is 8.11. The molecule has 2 fully saturated rings. The number of anilines is 1. The van der Waals surface area contributed by atoms with E-state index in [1.807, 2.05) is 74.5 Å². The third-order valence-electron chi connectivity index (χ3n) is 9.61. The molecular weight excluding hydrogens is 666 g/mol. The van der Waals surface area contributed by atoms with Gasteiger partial charge in [-0.2, -0.15) is 0 Å². The summed E-state index contributed by atoms with van der Waals surface area (Å²) in [6, 6.07) is 13.4. The molecule has 1 spiro atoms. The first-order chi connectivity index (χ1) is 22.6. The third kappa shape index (κ3) is 6.05. The normalized spacial score (nSPS) is 30.9. The van der Waals surface area contributed by atoms with Gasteiger partial charge >= 0.3 is 5.97 Å². The standard InChI is InChI=1S/C36H40BrN3O7/c1-21-13-14-22(2)27(16-21)39-15-9-5-8-12-28(42)38-19-23(3)46-35(45)29-30-33(43)40(25(20-41)17-24-10-6-4-7-11-24)32(34(39)44)36(30)18-26(37)31(29)47-36/h4-7,9-11,13-14,16,18,23,25,29-32,41H,8,12,15,17,19-20H2,1-3H3,(H,38,42)/b9-5-/t23-,25-,29+,30-,31+,32+,36-/m1/s1. The Hall–Kier alpha value is -3.80. The van der Waals surface area contributed by atoms with Crippen LogP contribution in [0.25, 0.3) is 0 Å². The Morgan fingerprint density at radius 1 is 1.06 bits per heavy atom. The van der Waals surface area contributed by atoms with Crippen LogP contribution in [0.1, 0.15) is 36.5 Å². The highest BCUT2D eigenvalue weighted by Crippen LogP contribution is 2.59. The molecule has 4 heterocycles. The number of esters is 1. The molecule has 11 heteroatoms. The Morgan fingerprint density at radius 3 is 2.57 bits per heavy atom. The predicted octanol–water partition coefficient (Wildman–Crippen LogP) is 3.51. The van der Waals surface area contributed by atoms with Crippen LogP contribution in [0.4, 0.5) is 5.69 Å². The van der Waals surface area contributed by atoms with E-state index in [2.05, 4.69) is 21.2 Å². The first-order valence-corrected chi connectivity index (χ1v) is 16.9. The number of allylic oxidation sites excluding steroid dienone is 1. The van der Waals surface area contributed by atoms with Gasteiger partial charge < -0.3 is 29.7 Å². The average molecular weight is 707 g/mol. The number of hydrogen-bond acceptors (Lipinski definition) is 7. The minimum Gasteiger partial charge on any atom is -0.460 e. The topological polar surface area (TPSA) is 125 Å². The largest absolute Gasteiger partial charge is 0.460 e. The van der Waals surface area contributed by atoms with E-state index in [9.17, 15) is 19.5 Å². The van der Waals surface area contributed by atoms with Crippen molar-refractivity contribution in [3.8, 4) is 0 Å². The number of aryl methyl sites for hydroxylation is 2. The van der Waals surface area contributed by atoms with Crippen molar-refractivity contribution in [1.82, 2.24) is 10.2 Å². The number of carbonyl (C=O) groups is 4. The molecule has 47 heavy (non-hydrogen) atoms. The predicted molar refractivity (Wildman–Crippen MR) is 178 cm³/mol. The molecule has 2 saturated heterocycles. The molecule has 4 aliphatic heterocycles. The molecule has 0 aromatic heterocycles. The molecule has 0 aliphatic carbocycles. The maximum atomic E-state index is 15.2. The van der Waals surface area contributed by atoms with Crippen molar-refractivity contribution >= 4 is 45.3 Å². The van der Waals surface area contributed by atoms with Gasteiger partial charge in [-0.1, -0.05) is 70.5 Å². The summed E-state index contributed by atoms with van der Waals surface area (Å²) >= 11 is 3.59. The molecule has 5 bridgehead atoms. The zero-order chi connectivity index (χ0) is 33.5. The van der Waals surface area contributed by atoms with E-state index in [1.165, 1.54) is 4.90 Å². The Kier molecular flexibility index (Phi) is 9.42. The monoisotopic (exact) mass is 705 g/mol. The van der Waals surface area contributed by atoms with Crippen molar-refractivity contribution in [2.75, 3.05) is 24.6 Å². The number of cyclic esters (lactones) is 1. The van der Waals surface area contributed by atoms with Crippen LogP contribution < -0.4 is 10.2 Å². The summed E-state index contributed by atoms with van der Waals surface area (Å²) in [5.74, 6) is -3.77. The fraction of sp³-hybridized carbons (Fsp3) is 0.444. The Labute approximate surface area is 282 Å². The van der Waals surface area contributed by atoms with Crippen molar-refractivity contribution in [3.05, 3.63) is 87.9 Å². The van der Waals surface area contributed by atoms with E-state index in [0.29, 0.717) is 23.0 Å². The number of aliphatic hydroxyl groups is 1. The fourth-order valence-electron chi connectivity index (χ4n) is 7.38. The maximum absolute atomic E-state index is 15.2. The van der Waals surface area contributed by atoms with Crippen LogP contribution in [-0.4, -0.2) is 83.3 Å². The number of nitrogens with one attached hydrogen (secondary N) is 1. The molecule has 248 valence electrons. The molecule has 3 amide bonds. The van der Waals surface area contributed by atoms with E-state index in [0.717, 1.165) is 16.7 Å². The first-order valence-electron chi connectivity index (χ1n) is 16.1. The van der Waals surface area contributed by atoms with Crippen LogP contribution >= 0.6 is 15.9 Å². The molecule has 10 nitrogen and oxygen atoms in total. The van der Waals surface area contributed by atoms with Crippen molar-refractivity contribution in [2.24, 2.45) is 11.8 Å². The van der Waals surface area contributed by atoms with Crippen LogP contribution in [0.2, 0.25) is 0 Å². The summed E-state index contributed by atoms with van der Waals surface area (Å²) in [5, 5.41) is 13.6. The first kappa shape index (κ1) is 33.1. The minimum absolute atomic E-state index is 0.116. The van der Waals surface area contributed by atoms with Crippen molar-refractivity contribution in [1.29, 1.82) is 0 Å². The molecule has 6 rings (SSSR count). The zero-order valence-electron chi connectivity index (χ0n) is 26.7. The van der Waals surface area contributed by atoms with Gasteiger partial charge in [-0.15, -0.1) is 0 Å². The van der Waals surface area contributed by atoms with E-state index < -0.39 is 66.1 Å². The molecular formula is C36H40BrN3O7. The number of rotatable bonds is 5. The van der Waals surface area contributed by atoms with Crippen molar-refractivity contribution in [3.63, 3.8) is 0 Å². The van der Waals surface area contributed by atoms with Crippen LogP contribution in [0.5, 0.6) is 0 Å². The second-order valence-corrected chi connectivity index (χ2v) is 13.8. The highest BCUT2D eigenvalue weighted by atomic mass is 79.9. The smallest absolute Gasteiger partial charge is 0.313 e. The number of likely N-dealkylation sites (tertiary alicyclic amines) is 1. The van der Waals surface area contributed by atoms with E-state index in [-0.39, 0.29) is 25.4 Å². The number of nitrogens with zero attached hydrogens (tertiary/aromatic N) is 2. The lowest BCUT2D eigenvalue weighted by Gasteiger charge is -2.39. The van der Waals surface area contributed by atoms with Gasteiger partial charge in [0.15, 0.2) is 0 Å². The van der Waals surface area contributed by atoms with Crippen molar-refractivity contribution < 1.29 is 33.8 Å². The summed E-state index contributed by atoms with van der Waals surface area (Å²) in [4.78, 5) is 59.4. The molecule has 0 unspecified atom stereocenters. The molecule has 0 saturated carbocycles. The van der Waals surface area contributed by atoms with Gasteiger partial charge in [0.05, 0.1) is 25.1 Å². The SMILES string of the molecule is Cc1ccc(C)c(N2C/C=C\CCC(=O)NC[C@@H](C)OC(=O)[C@@H]3[C@H]4O[C@@]5(C=C4Br)[C@H](C2=O)N([C@@H](CO)Cc2ccccc2)C(=O)[C@@H]35)c1. The molecule has 0 radical (unpaired) electrons. The number of benzene rings is 2. The Balaban J connectivity index is 1.51. The van der Waals surface area contributed by atoms with Gasteiger partial charge in [-0.3, -0.25) is 19.2 Å². The van der Waals surface area contributed by atoms with Crippen LogP contribution in [0.15, 0.2) is 71.2 Å². The summed E-state index contributed by atoms with van der Waals surface area (Å²) in [5.41, 5.74) is 1.88. The van der Waals surface area contributed by atoms with Gasteiger partial charge in [0, 0.05) is 23.1 Å². The number of halogens is 1. The summed E-state index contributed by atoms with van der Waals surface area (Å²) < 4.78 is 13.0. The number of carbonyl (C=O) groups excluding carboxylic acids is 4. The zero-order valence-corrected chi connectivity index (χ0v) is 28.3. The molecule has 2 aromatic rings. The van der Waals surface area contributed by atoms with Crippen LogP contribution in [0, 0.1) is 25.7 Å². The third-order valence-corrected chi connectivity index (χ3v) is 10.3. The Morgan fingerprint density at radius 2 is 1.83 bits per heavy atom. The number of aliphatic hydroxyl groups excluding tert-OH is 1. The van der Waals surface area contributed by atoms with Gasteiger partial charge in [0.2, 0.25) is 11.8 Å². The lowest BCUT2D eigenvalue weighted by Crippen LogP contribution is -2.59. The molecule has 2 aromatic carbocycles. The van der Waals surface area contributed by atoms with Gasteiger partial charge in [-0.25, -0.2) is 0 Å². The lowest BCUT2D eigenvalue weighted by atomic mass is 9.74.